The minimum Gasteiger partial charge on any atom is -0.465 e. The molecule has 0 fully saturated rings. The highest BCUT2D eigenvalue weighted by molar-refractivity contribution is 6.02. The average molecular weight is 255 g/mol. The Morgan fingerprint density at radius 1 is 1.21 bits per heavy atom. The third kappa shape index (κ3) is 3.67. The van der Waals surface area contributed by atoms with E-state index in [-0.39, 0.29) is 11.7 Å². The lowest BCUT2D eigenvalue weighted by molar-refractivity contribution is -0.111. The van der Waals surface area contributed by atoms with E-state index in [2.05, 4.69) is 5.32 Å². The monoisotopic (exact) mass is 255 g/mol. The molecular weight excluding hydrogens is 242 g/mol. The van der Waals surface area contributed by atoms with Gasteiger partial charge in [-0.05, 0) is 37.3 Å². The highest BCUT2D eigenvalue weighted by atomic mass is 16.3. The van der Waals surface area contributed by atoms with Gasteiger partial charge in [0.1, 0.15) is 5.76 Å². The zero-order chi connectivity index (χ0) is 13.7. The largest absolute Gasteiger partial charge is 0.465 e. The first kappa shape index (κ1) is 12.8. The van der Waals surface area contributed by atoms with Crippen molar-refractivity contribution in [3.05, 3.63) is 60.1 Å². The van der Waals surface area contributed by atoms with E-state index in [0.29, 0.717) is 17.0 Å². The molecule has 1 N–H and O–H groups in total. The Morgan fingerprint density at radius 2 is 2.05 bits per heavy atom. The van der Waals surface area contributed by atoms with E-state index >= 15 is 0 Å². The molecule has 0 unspecified atom stereocenters. The summed E-state index contributed by atoms with van der Waals surface area (Å²) < 4.78 is 5.07. The SMILES string of the molecule is CC(=O)c1cccc(NC(=O)/C=C/c2ccco2)c1. The van der Waals surface area contributed by atoms with Crippen molar-refractivity contribution in [1.29, 1.82) is 0 Å². The number of amides is 1. The van der Waals surface area contributed by atoms with Crippen LogP contribution in [-0.2, 0) is 4.79 Å². The van der Waals surface area contributed by atoms with E-state index in [9.17, 15) is 9.59 Å². The zero-order valence-corrected chi connectivity index (χ0v) is 10.4. The van der Waals surface area contributed by atoms with E-state index in [0.717, 1.165) is 0 Å². The van der Waals surface area contributed by atoms with Crippen LogP contribution in [0.2, 0.25) is 0 Å². The molecule has 0 aliphatic rings. The Kier molecular flexibility index (Phi) is 3.93. The van der Waals surface area contributed by atoms with Gasteiger partial charge in [-0.15, -0.1) is 0 Å². The number of furan rings is 1. The van der Waals surface area contributed by atoms with Crippen LogP contribution in [0.5, 0.6) is 0 Å². The average Bonchev–Trinajstić information content (AvgIpc) is 2.90. The topological polar surface area (TPSA) is 59.3 Å². The summed E-state index contributed by atoms with van der Waals surface area (Å²) in [6.45, 7) is 1.48. The zero-order valence-electron chi connectivity index (χ0n) is 10.4. The summed E-state index contributed by atoms with van der Waals surface area (Å²) in [5.74, 6) is 0.284. The van der Waals surface area contributed by atoms with Crippen LogP contribution in [0, 0.1) is 0 Å². The van der Waals surface area contributed by atoms with Gasteiger partial charge in [0, 0.05) is 17.3 Å². The molecule has 0 saturated heterocycles. The van der Waals surface area contributed by atoms with Gasteiger partial charge in [0.2, 0.25) is 5.91 Å². The molecule has 0 aliphatic heterocycles. The van der Waals surface area contributed by atoms with E-state index in [1.54, 1.807) is 42.5 Å². The number of benzene rings is 1. The van der Waals surface area contributed by atoms with Gasteiger partial charge < -0.3 is 9.73 Å². The predicted octanol–water partition coefficient (Wildman–Crippen LogP) is 3.13. The van der Waals surface area contributed by atoms with E-state index in [4.69, 9.17) is 4.42 Å². The lowest BCUT2D eigenvalue weighted by Crippen LogP contribution is -2.08. The highest BCUT2D eigenvalue weighted by Crippen LogP contribution is 2.11. The number of anilines is 1. The number of carbonyl (C=O) groups is 2. The lowest BCUT2D eigenvalue weighted by atomic mass is 10.1. The number of hydrogen-bond acceptors (Lipinski definition) is 3. The summed E-state index contributed by atoms with van der Waals surface area (Å²) >= 11 is 0. The van der Waals surface area contributed by atoms with Crippen LogP contribution in [0.1, 0.15) is 23.0 Å². The third-order valence-electron chi connectivity index (χ3n) is 2.48. The van der Waals surface area contributed by atoms with Crippen LogP contribution in [0.4, 0.5) is 5.69 Å². The maximum Gasteiger partial charge on any atom is 0.248 e. The summed E-state index contributed by atoms with van der Waals surface area (Å²) in [5.41, 5.74) is 1.15. The van der Waals surface area contributed by atoms with E-state index in [1.165, 1.54) is 19.3 Å². The standard InChI is InChI=1S/C15H13NO3/c1-11(17)12-4-2-5-13(10-12)16-15(18)8-7-14-6-3-9-19-14/h2-10H,1H3,(H,16,18)/b8-7+. The van der Waals surface area contributed by atoms with Gasteiger partial charge in [-0.2, -0.15) is 0 Å². The minimum atomic E-state index is -0.280. The van der Waals surface area contributed by atoms with Crippen molar-refractivity contribution in [2.24, 2.45) is 0 Å². The number of nitrogens with one attached hydrogen (secondary N) is 1. The first-order valence-corrected chi connectivity index (χ1v) is 5.79. The maximum absolute atomic E-state index is 11.7. The summed E-state index contributed by atoms with van der Waals surface area (Å²) in [6, 6.07) is 10.3. The Bertz CT molecular complexity index is 612. The second-order valence-corrected chi connectivity index (χ2v) is 3.97. The van der Waals surface area contributed by atoms with Gasteiger partial charge in [-0.3, -0.25) is 9.59 Å². The number of Topliss-reactive ketones (excluding diaryl/α,β-unsaturated/α-hetero) is 1. The molecule has 4 heteroatoms. The molecule has 96 valence electrons. The molecule has 4 nitrogen and oxygen atoms in total. The van der Waals surface area contributed by atoms with Crippen molar-refractivity contribution in [2.75, 3.05) is 5.32 Å². The fraction of sp³-hybridized carbons (Fsp3) is 0.0667. The van der Waals surface area contributed by atoms with Crippen molar-refractivity contribution in [1.82, 2.24) is 0 Å². The second-order valence-electron chi connectivity index (χ2n) is 3.97. The molecule has 1 aromatic carbocycles. The van der Waals surface area contributed by atoms with Gasteiger partial charge >= 0.3 is 0 Å². The Labute approximate surface area is 110 Å². The van der Waals surface area contributed by atoms with Gasteiger partial charge in [-0.25, -0.2) is 0 Å². The molecule has 0 aliphatic carbocycles. The molecule has 0 saturated carbocycles. The van der Waals surface area contributed by atoms with Crippen LogP contribution in [-0.4, -0.2) is 11.7 Å². The van der Waals surface area contributed by atoms with Gasteiger partial charge in [0.25, 0.3) is 0 Å². The third-order valence-corrected chi connectivity index (χ3v) is 2.48. The Hall–Kier alpha value is -2.62. The molecule has 1 aromatic heterocycles. The summed E-state index contributed by atoms with van der Waals surface area (Å²) in [7, 11) is 0. The molecule has 1 heterocycles. The van der Waals surface area contributed by atoms with E-state index in [1.807, 2.05) is 0 Å². The van der Waals surface area contributed by atoms with Crippen LogP contribution >= 0.6 is 0 Å². The van der Waals surface area contributed by atoms with Crippen molar-refractivity contribution in [3.8, 4) is 0 Å². The molecule has 0 atom stereocenters. The second kappa shape index (κ2) is 5.82. The molecule has 0 radical (unpaired) electrons. The van der Waals surface area contributed by atoms with Crippen LogP contribution in [0.15, 0.2) is 53.2 Å². The maximum atomic E-state index is 11.7. The first-order chi connectivity index (χ1) is 9.15. The normalized spacial score (nSPS) is 10.6. The summed E-state index contributed by atoms with van der Waals surface area (Å²) in [6.07, 6.45) is 4.48. The molecule has 19 heavy (non-hydrogen) atoms. The summed E-state index contributed by atoms with van der Waals surface area (Å²) in [4.78, 5) is 22.9. The van der Waals surface area contributed by atoms with E-state index < -0.39 is 0 Å². The number of rotatable bonds is 4. The van der Waals surface area contributed by atoms with Crippen molar-refractivity contribution in [2.45, 2.75) is 6.92 Å². The van der Waals surface area contributed by atoms with Crippen molar-refractivity contribution < 1.29 is 14.0 Å². The van der Waals surface area contributed by atoms with Crippen molar-refractivity contribution in [3.63, 3.8) is 0 Å². The van der Waals surface area contributed by atoms with Crippen molar-refractivity contribution >= 4 is 23.5 Å². The smallest absolute Gasteiger partial charge is 0.248 e. The van der Waals surface area contributed by atoms with Crippen LogP contribution in [0.25, 0.3) is 6.08 Å². The van der Waals surface area contributed by atoms with Gasteiger partial charge in [-0.1, -0.05) is 12.1 Å². The van der Waals surface area contributed by atoms with Crippen LogP contribution in [0.3, 0.4) is 0 Å². The number of hydrogen-bond donors (Lipinski definition) is 1. The first-order valence-electron chi connectivity index (χ1n) is 5.79. The fourth-order valence-corrected chi connectivity index (χ4v) is 1.54. The lowest BCUT2D eigenvalue weighted by Gasteiger charge is -2.03. The predicted molar refractivity (Wildman–Crippen MR) is 72.8 cm³/mol. The highest BCUT2D eigenvalue weighted by Gasteiger charge is 2.02. The molecule has 0 bridgehead atoms. The molecular formula is C15H13NO3. The molecule has 2 aromatic rings. The Balaban J connectivity index is 2.03. The van der Waals surface area contributed by atoms with Gasteiger partial charge in [0.15, 0.2) is 5.78 Å². The number of ketones is 1. The van der Waals surface area contributed by atoms with Gasteiger partial charge in [0.05, 0.1) is 6.26 Å². The molecule has 1 amide bonds. The Morgan fingerprint density at radius 3 is 2.74 bits per heavy atom. The molecule has 2 rings (SSSR count). The quantitative estimate of drug-likeness (QED) is 0.674. The minimum absolute atomic E-state index is 0.0396. The number of carbonyl (C=O) groups excluding carboxylic acids is 2. The summed E-state index contributed by atoms with van der Waals surface area (Å²) in [5, 5.41) is 2.68. The van der Waals surface area contributed by atoms with Crippen LogP contribution < -0.4 is 5.32 Å². The molecule has 0 spiro atoms. The fourth-order valence-electron chi connectivity index (χ4n) is 1.54.